The zero-order valence-electron chi connectivity index (χ0n) is 15.2. The Morgan fingerprint density at radius 2 is 1.78 bits per heavy atom. The summed E-state index contributed by atoms with van der Waals surface area (Å²) in [5.41, 5.74) is 1.77. The van der Waals surface area contributed by atoms with Crippen molar-refractivity contribution in [1.29, 1.82) is 0 Å². The molecule has 0 bridgehead atoms. The predicted octanol–water partition coefficient (Wildman–Crippen LogP) is 3.16. The third-order valence-corrected chi connectivity index (χ3v) is 3.59. The van der Waals surface area contributed by atoms with E-state index in [1.165, 1.54) is 25.1 Å². The quantitative estimate of drug-likeness (QED) is 0.454. The first-order chi connectivity index (χ1) is 12.8. The van der Waals surface area contributed by atoms with Gasteiger partial charge in [0.1, 0.15) is 11.4 Å². The number of nitrogens with one attached hydrogen (secondary N) is 1. The van der Waals surface area contributed by atoms with Gasteiger partial charge in [-0.1, -0.05) is 18.2 Å². The molecule has 0 heterocycles. The van der Waals surface area contributed by atoms with Crippen LogP contribution in [0.4, 0.5) is 11.4 Å². The molecule has 0 saturated heterocycles. The van der Waals surface area contributed by atoms with E-state index in [9.17, 15) is 19.7 Å². The molecule has 2 aromatic carbocycles. The Morgan fingerprint density at radius 1 is 1.15 bits per heavy atom. The van der Waals surface area contributed by atoms with Crippen molar-refractivity contribution in [1.82, 2.24) is 0 Å². The van der Waals surface area contributed by atoms with Crippen molar-refractivity contribution < 1.29 is 24.0 Å². The monoisotopic (exact) mass is 372 g/mol. The van der Waals surface area contributed by atoms with Crippen LogP contribution >= 0.6 is 0 Å². The van der Waals surface area contributed by atoms with Crippen molar-refractivity contribution in [2.45, 2.75) is 26.9 Å². The number of benzene rings is 2. The van der Waals surface area contributed by atoms with Crippen molar-refractivity contribution in [2.75, 3.05) is 11.9 Å². The summed E-state index contributed by atoms with van der Waals surface area (Å²) in [7, 11) is 0. The molecule has 0 fully saturated rings. The molecule has 2 rings (SSSR count). The van der Waals surface area contributed by atoms with Gasteiger partial charge in [-0.2, -0.15) is 0 Å². The van der Waals surface area contributed by atoms with Gasteiger partial charge in [-0.15, -0.1) is 0 Å². The van der Waals surface area contributed by atoms with Crippen LogP contribution in [0.3, 0.4) is 0 Å². The zero-order valence-corrected chi connectivity index (χ0v) is 15.2. The van der Waals surface area contributed by atoms with E-state index in [0.717, 1.165) is 11.1 Å². The SMILES string of the molecule is Cc1cc(C)cc(OCC(=O)OC(C)C(=O)Nc2ccccc2[N+](=O)[O-])c1. The molecule has 2 aromatic rings. The predicted molar refractivity (Wildman–Crippen MR) is 98.7 cm³/mol. The third-order valence-electron chi connectivity index (χ3n) is 3.59. The fourth-order valence-corrected chi connectivity index (χ4v) is 2.42. The van der Waals surface area contributed by atoms with E-state index in [1.54, 1.807) is 18.2 Å². The molecular weight excluding hydrogens is 352 g/mol. The van der Waals surface area contributed by atoms with Gasteiger partial charge in [-0.3, -0.25) is 14.9 Å². The summed E-state index contributed by atoms with van der Waals surface area (Å²) >= 11 is 0. The maximum absolute atomic E-state index is 12.1. The molecule has 1 atom stereocenters. The maximum Gasteiger partial charge on any atom is 0.344 e. The summed E-state index contributed by atoms with van der Waals surface area (Å²) in [5, 5.41) is 13.4. The largest absolute Gasteiger partial charge is 0.482 e. The maximum atomic E-state index is 12.1. The highest BCUT2D eigenvalue weighted by Crippen LogP contribution is 2.23. The molecular formula is C19H20N2O6. The molecule has 1 N–H and O–H groups in total. The lowest BCUT2D eigenvalue weighted by molar-refractivity contribution is -0.383. The molecule has 0 radical (unpaired) electrons. The first-order valence-electron chi connectivity index (χ1n) is 8.21. The van der Waals surface area contributed by atoms with Crippen molar-refractivity contribution in [2.24, 2.45) is 0 Å². The first kappa shape index (κ1) is 19.9. The Labute approximate surface area is 156 Å². The van der Waals surface area contributed by atoms with Crippen LogP contribution in [0.1, 0.15) is 18.1 Å². The summed E-state index contributed by atoms with van der Waals surface area (Å²) < 4.78 is 10.4. The zero-order chi connectivity index (χ0) is 20.0. The second-order valence-corrected chi connectivity index (χ2v) is 6.01. The summed E-state index contributed by atoms with van der Waals surface area (Å²) in [6.45, 7) is 4.84. The van der Waals surface area contributed by atoms with Crippen LogP contribution in [0.5, 0.6) is 5.75 Å². The second kappa shape index (κ2) is 8.79. The number of anilines is 1. The van der Waals surface area contributed by atoms with Gasteiger partial charge in [0.05, 0.1) is 4.92 Å². The molecule has 0 aromatic heterocycles. The lowest BCUT2D eigenvalue weighted by atomic mass is 10.1. The molecule has 8 heteroatoms. The van der Waals surface area contributed by atoms with Crippen molar-refractivity contribution in [3.63, 3.8) is 0 Å². The topological polar surface area (TPSA) is 108 Å². The smallest absolute Gasteiger partial charge is 0.344 e. The molecule has 27 heavy (non-hydrogen) atoms. The Bertz CT molecular complexity index is 845. The molecule has 8 nitrogen and oxygen atoms in total. The summed E-state index contributed by atoms with van der Waals surface area (Å²) in [4.78, 5) is 34.4. The number of amides is 1. The van der Waals surface area contributed by atoms with E-state index in [-0.39, 0.29) is 18.0 Å². The number of ether oxygens (including phenoxy) is 2. The Balaban J connectivity index is 1.90. The van der Waals surface area contributed by atoms with E-state index < -0.39 is 22.9 Å². The average molecular weight is 372 g/mol. The van der Waals surface area contributed by atoms with Gasteiger partial charge in [0.25, 0.3) is 11.6 Å². The van der Waals surface area contributed by atoms with Crippen LogP contribution < -0.4 is 10.1 Å². The number of aryl methyl sites for hydroxylation is 2. The van der Waals surface area contributed by atoms with Crippen LogP contribution in [-0.4, -0.2) is 29.5 Å². The van der Waals surface area contributed by atoms with E-state index in [0.29, 0.717) is 5.75 Å². The number of nitro groups is 1. The van der Waals surface area contributed by atoms with Crippen molar-refractivity contribution in [3.05, 3.63) is 63.7 Å². The Kier molecular flexibility index (Phi) is 6.48. The number of carbonyl (C=O) groups is 2. The van der Waals surface area contributed by atoms with Gasteiger partial charge in [0.2, 0.25) is 0 Å². The number of nitrogens with zero attached hydrogens (tertiary/aromatic N) is 1. The number of nitro benzene ring substituents is 1. The highest BCUT2D eigenvalue weighted by atomic mass is 16.6. The number of hydrogen-bond acceptors (Lipinski definition) is 6. The van der Waals surface area contributed by atoms with E-state index in [2.05, 4.69) is 5.32 Å². The van der Waals surface area contributed by atoms with Gasteiger partial charge in [-0.25, -0.2) is 4.79 Å². The average Bonchev–Trinajstić information content (AvgIpc) is 2.59. The molecule has 1 unspecified atom stereocenters. The summed E-state index contributed by atoms with van der Waals surface area (Å²) in [5.74, 6) is -0.870. The Morgan fingerprint density at radius 3 is 2.41 bits per heavy atom. The molecule has 1 amide bonds. The Hall–Kier alpha value is -3.42. The highest BCUT2D eigenvalue weighted by molar-refractivity contribution is 5.96. The standard InChI is InChI=1S/C19H20N2O6/c1-12-8-13(2)10-15(9-12)26-11-18(22)27-14(3)19(23)20-16-6-4-5-7-17(16)21(24)25/h4-10,14H,11H2,1-3H3,(H,20,23). The van der Waals surface area contributed by atoms with Crippen LogP contribution in [0.25, 0.3) is 0 Å². The highest BCUT2D eigenvalue weighted by Gasteiger charge is 2.21. The second-order valence-electron chi connectivity index (χ2n) is 6.01. The van der Waals surface area contributed by atoms with E-state index in [4.69, 9.17) is 9.47 Å². The van der Waals surface area contributed by atoms with Crippen LogP contribution in [-0.2, 0) is 14.3 Å². The van der Waals surface area contributed by atoms with E-state index >= 15 is 0 Å². The fourth-order valence-electron chi connectivity index (χ4n) is 2.42. The van der Waals surface area contributed by atoms with Crippen LogP contribution in [0.2, 0.25) is 0 Å². The lowest BCUT2D eigenvalue weighted by Crippen LogP contribution is -2.31. The number of rotatable bonds is 7. The summed E-state index contributed by atoms with van der Waals surface area (Å²) in [6.07, 6.45) is -1.14. The minimum Gasteiger partial charge on any atom is -0.482 e. The first-order valence-corrected chi connectivity index (χ1v) is 8.21. The van der Waals surface area contributed by atoms with Gasteiger partial charge in [0, 0.05) is 6.07 Å². The normalized spacial score (nSPS) is 11.4. The molecule has 142 valence electrons. The molecule has 0 spiro atoms. The summed E-state index contributed by atoms with van der Waals surface area (Å²) in [6, 6.07) is 11.2. The molecule has 0 aliphatic carbocycles. The van der Waals surface area contributed by atoms with Gasteiger partial charge < -0.3 is 14.8 Å². The molecule has 0 saturated carbocycles. The lowest BCUT2D eigenvalue weighted by Gasteiger charge is -2.14. The van der Waals surface area contributed by atoms with Crippen molar-refractivity contribution >= 4 is 23.3 Å². The van der Waals surface area contributed by atoms with Gasteiger partial charge >= 0.3 is 5.97 Å². The third kappa shape index (κ3) is 5.81. The number of esters is 1. The molecule has 0 aliphatic rings. The van der Waals surface area contributed by atoms with Gasteiger partial charge in [0.15, 0.2) is 12.7 Å². The molecule has 0 aliphatic heterocycles. The van der Waals surface area contributed by atoms with Crippen molar-refractivity contribution in [3.8, 4) is 5.75 Å². The number of carbonyl (C=O) groups excluding carboxylic acids is 2. The van der Waals surface area contributed by atoms with Crippen LogP contribution in [0, 0.1) is 24.0 Å². The number of hydrogen-bond donors (Lipinski definition) is 1. The van der Waals surface area contributed by atoms with E-state index in [1.807, 2.05) is 19.9 Å². The minimum absolute atomic E-state index is 0.0295. The fraction of sp³-hybridized carbons (Fsp3) is 0.263. The number of para-hydroxylation sites is 2. The van der Waals surface area contributed by atoms with Gasteiger partial charge in [-0.05, 0) is 50.1 Å². The van der Waals surface area contributed by atoms with Crippen LogP contribution in [0.15, 0.2) is 42.5 Å². The minimum atomic E-state index is -1.14.